The number of hydrogen-bond donors (Lipinski definition) is 0. The van der Waals surface area contributed by atoms with Crippen molar-refractivity contribution in [2.75, 3.05) is 11.7 Å². The number of rotatable bonds is 6. The van der Waals surface area contributed by atoms with Crippen molar-refractivity contribution in [3.8, 4) is 5.40 Å². The summed E-state index contributed by atoms with van der Waals surface area (Å²) in [5.41, 5.74) is 0.875. The van der Waals surface area contributed by atoms with E-state index in [1.165, 1.54) is 18.2 Å². The van der Waals surface area contributed by atoms with E-state index in [1.54, 1.807) is 11.8 Å². The lowest BCUT2D eigenvalue weighted by Crippen LogP contribution is -1.84. The van der Waals surface area contributed by atoms with Gasteiger partial charge in [-0.2, -0.15) is 5.26 Å². The molecule has 3 nitrogen and oxygen atoms in total. The van der Waals surface area contributed by atoms with E-state index in [0.717, 1.165) is 10.6 Å². The normalized spacial score (nSPS) is 10.2. The molecule has 16 heavy (non-hydrogen) atoms. The number of para-hydroxylation sites is 1. The number of hydrogen-bond acceptors (Lipinski definition) is 5. The first-order valence-electron chi connectivity index (χ1n) is 4.75. The van der Waals surface area contributed by atoms with Gasteiger partial charge in [-0.3, -0.25) is 0 Å². The molecule has 0 radical (unpaired) electrons. The summed E-state index contributed by atoms with van der Waals surface area (Å²) >= 11 is 2.83. The number of benzene rings is 1. The molecule has 0 aliphatic carbocycles. The molecule has 0 saturated carbocycles. The first-order chi connectivity index (χ1) is 7.88. The van der Waals surface area contributed by atoms with Crippen molar-refractivity contribution in [1.82, 2.24) is 0 Å². The van der Waals surface area contributed by atoms with E-state index < -0.39 is 0 Å². The molecule has 0 aliphatic heterocycles. The van der Waals surface area contributed by atoms with Gasteiger partial charge in [-0.25, -0.2) is 4.99 Å². The molecule has 84 valence electrons. The van der Waals surface area contributed by atoms with Crippen molar-refractivity contribution in [2.24, 2.45) is 4.99 Å². The molecule has 1 aromatic carbocycles. The molecule has 5 heteroatoms. The minimum absolute atomic E-state index is 0.614. The van der Waals surface area contributed by atoms with Gasteiger partial charge in [-0.1, -0.05) is 12.1 Å². The Bertz CT molecular complexity index is 388. The minimum Gasteiger partial charge on any atom is -0.483 e. The fourth-order valence-corrected chi connectivity index (χ4v) is 2.37. The van der Waals surface area contributed by atoms with E-state index >= 15 is 0 Å². The number of aliphatic imine (C=N–C) groups is 1. The van der Waals surface area contributed by atoms with Crippen LogP contribution >= 0.6 is 23.5 Å². The topological polar surface area (TPSA) is 45.4 Å². The molecule has 0 unspecified atom stereocenters. The fraction of sp³-hybridized carbons (Fsp3) is 0.273. The zero-order chi connectivity index (χ0) is 11.6. The van der Waals surface area contributed by atoms with Gasteiger partial charge < -0.3 is 4.74 Å². The number of nitrogens with zero attached hydrogens (tertiary/aromatic N) is 2. The zero-order valence-electron chi connectivity index (χ0n) is 8.92. The van der Waals surface area contributed by atoms with Gasteiger partial charge in [0.1, 0.15) is 5.40 Å². The molecule has 0 aliphatic rings. The molecule has 0 heterocycles. The predicted octanol–water partition coefficient (Wildman–Crippen LogP) is 3.65. The van der Waals surface area contributed by atoms with Crippen molar-refractivity contribution in [3.05, 3.63) is 24.3 Å². The van der Waals surface area contributed by atoms with Crippen molar-refractivity contribution in [3.63, 3.8) is 0 Å². The Hall–Kier alpha value is -1.12. The first-order valence-corrected chi connectivity index (χ1v) is 6.72. The standard InChI is InChI=1S/C11H12N2OS2/c1-2-14-8-13-10-5-3-4-6-11(10)16-9-15-7-12/h3-6,8H,2,9H2,1H3. The number of nitriles is 1. The van der Waals surface area contributed by atoms with Gasteiger partial charge in [0.2, 0.25) is 0 Å². The van der Waals surface area contributed by atoms with Crippen LogP contribution in [0.1, 0.15) is 6.92 Å². The average molecular weight is 252 g/mol. The smallest absolute Gasteiger partial charge is 0.174 e. The van der Waals surface area contributed by atoms with Crippen LogP contribution in [0.5, 0.6) is 0 Å². The van der Waals surface area contributed by atoms with Gasteiger partial charge in [-0.15, -0.1) is 11.8 Å². The third-order valence-electron chi connectivity index (χ3n) is 1.64. The second-order valence-electron chi connectivity index (χ2n) is 2.66. The van der Waals surface area contributed by atoms with Crippen LogP contribution in [-0.4, -0.2) is 18.1 Å². The van der Waals surface area contributed by atoms with Crippen molar-refractivity contribution < 1.29 is 4.74 Å². The molecule has 0 saturated heterocycles. The molecule has 0 bridgehead atoms. The van der Waals surface area contributed by atoms with Crippen LogP contribution in [0.3, 0.4) is 0 Å². The third-order valence-corrected chi connectivity index (χ3v) is 3.36. The highest BCUT2D eigenvalue weighted by Crippen LogP contribution is 2.30. The fourth-order valence-electron chi connectivity index (χ4n) is 0.974. The second-order valence-corrected chi connectivity index (χ2v) is 4.80. The lowest BCUT2D eigenvalue weighted by molar-refractivity contribution is 0.344. The highest BCUT2D eigenvalue weighted by atomic mass is 32.2. The molecule has 0 amide bonds. The highest BCUT2D eigenvalue weighted by Gasteiger charge is 2.00. The summed E-state index contributed by atoms with van der Waals surface area (Å²) < 4.78 is 5.06. The van der Waals surface area contributed by atoms with E-state index in [2.05, 4.69) is 4.99 Å². The van der Waals surface area contributed by atoms with Crippen LogP contribution in [0.25, 0.3) is 0 Å². The van der Waals surface area contributed by atoms with E-state index in [9.17, 15) is 0 Å². The maximum Gasteiger partial charge on any atom is 0.174 e. The Morgan fingerprint density at radius 2 is 2.31 bits per heavy atom. The summed E-state index contributed by atoms with van der Waals surface area (Å²) in [7, 11) is 0. The molecule has 1 rings (SSSR count). The summed E-state index contributed by atoms with van der Waals surface area (Å²) in [6.07, 6.45) is 1.46. The molecular formula is C11H12N2OS2. The summed E-state index contributed by atoms with van der Waals surface area (Å²) in [4.78, 5) is 5.27. The predicted molar refractivity (Wildman–Crippen MR) is 70.1 cm³/mol. The van der Waals surface area contributed by atoms with Crippen LogP contribution in [0.2, 0.25) is 0 Å². The van der Waals surface area contributed by atoms with Crippen molar-refractivity contribution >= 4 is 35.6 Å². The Balaban J connectivity index is 2.64. The quantitative estimate of drug-likeness (QED) is 0.194. The van der Waals surface area contributed by atoms with Gasteiger partial charge in [0.05, 0.1) is 17.4 Å². The molecule has 1 aromatic rings. The molecule has 0 aromatic heterocycles. The lowest BCUT2D eigenvalue weighted by atomic mass is 10.3. The second kappa shape index (κ2) is 8.08. The van der Waals surface area contributed by atoms with Gasteiger partial charge in [0.15, 0.2) is 6.40 Å². The van der Waals surface area contributed by atoms with Gasteiger partial charge in [-0.05, 0) is 30.8 Å². The summed E-state index contributed by atoms with van der Waals surface area (Å²) in [5, 5.41) is 11.2. The van der Waals surface area contributed by atoms with Crippen LogP contribution in [0, 0.1) is 10.7 Å². The van der Waals surface area contributed by atoms with Crippen molar-refractivity contribution in [1.29, 1.82) is 5.26 Å². The van der Waals surface area contributed by atoms with Crippen LogP contribution in [-0.2, 0) is 4.74 Å². The highest BCUT2D eigenvalue weighted by molar-refractivity contribution is 8.18. The van der Waals surface area contributed by atoms with Crippen LogP contribution in [0.4, 0.5) is 5.69 Å². The Morgan fingerprint density at radius 1 is 1.50 bits per heavy atom. The minimum atomic E-state index is 0.614. The van der Waals surface area contributed by atoms with Gasteiger partial charge >= 0.3 is 0 Å². The average Bonchev–Trinajstić information content (AvgIpc) is 2.32. The van der Waals surface area contributed by atoms with Crippen LogP contribution in [0.15, 0.2) is 34.2 Å². The van der Waals surface area contributed by atoms with E-state index in [4.69, 9.17) is 10.00 Å². The van der Waals surface area contributed by atoms with E-state index in [1.807, 2.05) is 36.6 Å². The Kier molecular flexibility index (Phi) is 6.54. The van der Waals surface area contributed by atoms with E-state index in [-0.39, 0.29) is 0 Å². The first kappa shape index (κ1) is 12.9. The van der Waals surface area contributed by atoms with Crippen LogP contribution < -0.4 is 0 Å². The summed E-state index contributed by atoms with van der Waals surface area (Å²) in [6, 6.07) is 7.80. The summed E-state index contributed by atoms with van der Waals surface area (Å²) in [5.74, 6) is 0. The lowest BCUT2D eigenvalue weighted by Gasteiger charge is -2.02. The number of ether oxygens (including phenoxy) is 1. The molecule has 0 spiro atoms. The van der Waals surface area contributed by atoms with Gasteiger partial charge in [0.25, 0.3) is 0 Å². The molecule has 0 N–H and O–H groups in total. The third kappa shape index (κ3) is 4.60. The SMILES string of the molecule is CCOC=Nc1ccccc1SCSC#N. The molecule has 0 atom stereocenters. The van der Waals surface area contributed by atoms with E-state index in [0.29, 0.717) is 11.7 Å². The largest absolute Gasteiger partial charge is 0.483 e. The number of thioether (sulfide) groups is 2. The van der Waals surface area contributed by atoms with Crippen molar-refractivity contribution in [2.45, 2.75) is 11.8 Å². The molecule has 0 fully saturated rings. The zero-order valence-corrected chi connectivity index (χ0v) is 10.6. The summed E-state index contributed by atoms with van der Waals surface area (Å²) in [6.45, 7) is 2.53. The molecular weight excluding hydrogens is 240 g/mol. The maximum atomic E-state index is 8.44. The monoisotopic (exact) mass is 252 g/mol. The maximum absolute atomic E-state index is 8.44. The van der Waals surface area contributed by atoms with Gasteiger partial charge in [0, 0.05) is 4.90 Å². The Morgan fingerprint density at radius 3 is 3.06 bits per heavy atom. The number of thiocyanates is 1. The Labute approximate surface area is 104 Å².